The van der Waals surface area contributed by atoms with Gasteiger partial charge in [0, 0.05) is 36.0 Å². The molecule has 0 radical (unpaired) electrons. The normalized spacial score (nSPS) is 24.0. The Morgan fingerprint density at radius 2 is 1.80 bits per heavy atom. The molecule has 1 aliphatic heterocycles. The molecule has 10 heavy (non-hydrogen) atoms. The van der Waals surface area contributed by atoms with Crippen LogP contribution >= 0.6 is 22.9 Å². The van der Waals surface area contributed by atoms with Crippen LogP contribution in [0.2, 0.25) is 0 Å². The van der Waals surface area contributed by atoms with Crippen molar-refractivity contribution in [2.45, 2.75) is 26.7 Å². The van der Waals surface area contributed by atoms with Crippen molar-refractivity contribution in [3.8, 4) is 0 Å². The zero-order valence-electron chi connectivity index (χ0n) is 6.81. The number of hydrogen-bond acceptors (Lipinski definition) is 1. The Kier molecular flexibility index (Phi) is 3.43. The lowest BCUT2D eigenvalue weighted by Crippen LogP contribution is -2.28. The molecule has 1 heterocycles. The standard InChI is InChI=1S/C8H16IN/c1-7(2)8-3-5-10(9)6-4-8/h7-8H,3-6H2,1-2H3. The highest BCUT2D eigenvalue weighted by molar-refractivity contribution is 14.1. The zero-order chi connectivity index (χ0) is 7.56. The fourth-order valence-electron chi connectivity index (χ4n) is 1.53. The third-order valence-electron chi connectivity index (χ3n) is 2.43. The minimum absolute atomic E-state index is 0.894. The second-order valence-electron chi connectivity index (χ2n) is 3.49. The molecule has 0 aromatic carbocycles. The number of nitrogens with zero attached hydrogens (tertiary/aromatic N) is 1. The predicted octanol–water partition coefficient (Wildman–Crippen LogP) is 2.70. The largest absolute Gasteiger partial charge is 0.248 e. The smallest absolute Gasteiger partial charge is 0.0201 e. The van der Waals surface area contributed by atoms with E-state index in [1.54, 1.807) is 0 Å². The Hall–Kier alpha value is 0.690. The molecule has 1 rings (SSSR count). The summed E-state index contributed by atoms with van der Waals surface area (Å²) in [5, 5.41) is 0. The Bertz CT molecular complexity index is 95.4. The molecule has 1 fully saturated rings. The fourth-order valence-corrected chi connectivity index (χ4v) is 2.09. The summed E-state index contributed by atoms with van der Waals surface area (Å²) in [6, 6.07) is 0. The summed E-state index contributed by atoms with van der Waals surface area (Å²) in [6.07, 6.45) is 2.81. The minimum atomic E-state index is 0.894. The number of rotatable bonds is 1. The highest BCUT2D eigenvalue weighted by Gasteiger charge is 2.19. The summed E-state index contributed by atoms with van der Waals surface area (Å²) in [7, 11) is 0. The second kappa shape index (κ2) is 3.90. The monoisotopic (exact) mass is 253 g/mol. The van der Waals surface area contributed by atoms with Crippen molar-refractivity contribution >= 4 is 22.9 Å². The molecule has 1 nitrogen and oxygen atoms in total. The van der Waals surface area contributed by atoms with Crippen LogP contribution in [0.5, 0.6) is 0 Å². The SMILES string of the molecule is CC(C)C1CCN(I)CC1. The van der Waals surface area contributed by atoms with E-state index in [1.807, 2.05) is 0 Å². The molecule has 0 N–H and O–H groups in total. The third kappa shape index (κ3) is 2.38. The summed E-state index contributed by atoms with van der Waals surface area (Å²) >= 11 is 2.42. The van der Waals surface area contributed by atoms with Gasteiger partial charge in [-0.3, -0.25) is 0 Å². The van der Waals surface area contributed by atoms with Crippen molar-refractivity contribution in [3.05, 3.63) is 0 Å². The average molecular weight is 253 g/mol. The van der Waals surface area contributed by atoms with Crippen LogP contribution < -0.4 is 0 Å². The molecular weight excluding hydrogens is 237 g/mol. The Morgan fingerprint density at radius 1 is 1.30 bits per heavy atom. The van der Waals surface area contributed by atoms with Gasteiger partial charge in [0.2, 0.25) is 0 Å². The summed E-state index contributed by atoms with van der Waals surface area (Å²) in [5.41, 5.74) is 0. The van der Waals surface area contributed by atoms with Crippen molar-refractivity contribution in [2.24, 2.45) is 11.8 Å². The number of halogens is 1. The lowest BCUT2D eigenvalue weighted by atomic mass is 9.87. The molecule has 0 atom stereocenters. The second-order valence-corrected chi connectivity index (χ2v) is 4.86. The zero-order valence-corrected chi connectivity index (χ0v) is 8.97. The molecule has 2 heteroatoms. The fraction of sp³-hybridized carbons (Fsp3) is 1.00. The predicted molar refractivity (Wildman–Crippen MR) is 53.2 cm³/mol. The van der Waals surface area contributed by atoms with Gasteiger partial charge in [-0.25, -0.2) is 3.11 Å². The molecule has 0 spiro atoms. The van der Waals surface area contributed by atoms with Gasteiger partial charge in [-0.15, -0.1) is 0 Å². The maximum absolute atomic E-state index is 2.42. The molecule has 0 amide bonds. The van der Waals surface area contributed by atoms with Gasteiger partial charge < -0.3 is 0 Å². The van der Waals surface area contributed by atoms with E-state index < -0.39 is 0 Å². The van der Waals surface area contributed by atoms with Crippen molar-refractivity contribution in [2.75, 3.05) is 13.1 Å². The maximum Gasteiger partial charge on any atom is 0.0201 e. The van der Waals surface area contributed by atoms with E-state index >= 15 is 0 Å². The summed E-state index contributed by atoms with van der Waals surface area (Å²) in [6.45, 7) is 7.27. The highest BCUT2D eigenvalue weighted by atomic mass is 127. The van der Waals surface area contributed by atoms with Crippen LogP contribution in [-0.4, -0.2) is 16.2 Å². The van der Waals surface area contributed by atoms with E-state index in [-0.39, 0.29) is 0 Å². The molecule has 0 aromatic rings. The molecule has 0 aromatic heterocycles. The molecule has 0 saturated carbocycles. The van der Waals surface area contributed by atoms with E-state index in [0.29, 0.717) is 0 Å². The van der Waals surface area contributed by atoms with Gasteiger partial charge in [0.1, 0.15) is 0 Å². The van der Waals surface area contributed by atoms with Gasteiger partial charge in [-0.05, 0) is 24.7 Å². The number of piperidine rings is 1. The van der Waals surface area contributed by atoms with Gasteiger partial charge in [-0.1, -0.05) is 13.8 Å². The molecular formula is C8H16IN. The van der Waals surface area contributed by atoms with E-state index in [0.717, 1.165) is 11.8 Å². The first-order valence-corrected chi connectivity index (χ1v) is 5.07. The lowest BCUT2D eigenvalue weighted by molar-refractivity contribution is 0.249. The van der Waals surface area contributed by atoms with Crippen LogP contribution in [0.1, 0.15) is 26.7 Å². The average Bonchev–Trinajstić information content (AvgIpc) is 1.88. The number of hydrogen-bond donors (Lipinski definition) is 0. The van der Waals surface area contributed by atoms with Gasteiger partial charge in [-0.2, -0.15) is 0 Å². The van der Waals surface area contributed by atoms with Crippen LogP contribution in [-0.2, 0) is 0 Å². The first-order chi connectivity index (χ1) is 4.70. The van der Waals surface area contributed by atoms with E-state index in [9.17, 15) is 0 Å². The first kappa shape index (κ1) is 8.78. The third-order valence-corrected chi connectivity index (χ3v) is 3.39. The first-order valence-electron chi connectivity index (χ1n) is 4.11. The summed E-state index contributed by atoms with van der Waals surface area (Å²) < 4.78 is 2.40. The molecule has 0 aliphatic carbocycles. The van der Waals surface area contributed by atoms with Crippen LogP contribution in [0.25, 0.3) is 0 Å². The van der Waals surface area contributed by atoms with Crippen LogP contribution in [0, 0.1) is 11.8 Å². The van der Waals surface area contributed by atoms with Gasteiger partial charge in [0.05, 0.1) is 0 Å². The Balaban J connectivity index is 2.26. The topological polar surface area (TPSA) is 3.24 Å². The van der Waals surface area contributed by atoms with Crippen molar-refractivity contribution in [3.63, 3.8) is 0 Å². The molecule has 60 valence electrons. The lowest BCUT2D eigenvalue weighted by Gasteiger charge is -2.29. The maximum atomic E-state index is 2.42. The molecule has 1 saturated heterocycles. The molecule has 0 bridgehead atoms. The highest BCUT2D eigenvalue weighted by Crippen LogP contribution is 2.25. The van der Waals surface area contributed by atoms with E-state index in [2.05, 4.69) is 39.8 Å². The van der Waals surface area contributed by atoms with Crippen molar-refractivity contribution in [1.82, 2.24) is 3.11 Å². The van der Waals surface area contributed by atoms with Crippen molar-refractivity contribution < 1.29 is 0 Å². The van der Waals surface area contributed by atoms with Crippen LogP contribution in [0.3, 0.4) is 0 Å². The minimum Gasteiger partial charge on any atom is -0.248 e. The van der Waals surface area contributed by atoms with Crippen LogP contribution in [0.15, 0.2) is 0 Å². The van der Waals surface area contributed by atoms with E-state index in [1.165, 1.54) is 25.9 Å². The summed E-state index contributed by atoms with van der Waals surface area (Å²) in [4.78, 5) is 0. The Morgan fingerprint density at radius 3 is 2.20 bits per heavy atom. The Labute approximate surface area is 77.7 Å². The van der Waals surface area contributed by atoms with Gasteiger partial charge >= 0.3 is 0 Å². The quantitative estimate of drug-likeness (QED) is 0.513. The van der Waals surface area contributed by atoms with Gasteiger partial charge in [0.15, 0.2) is 0 Å². The molecule has 0 unspecified atom stereocenters. The van der Waals surface area contributed by atoms with E-state index in [4.69, 9.17) is 0 Å². The van der Waals surface area contributed by atoms with Crippen LogP contribution in [0.4, 0.5) is 0 Å². The summed E-state index contributed by atoms with van der Waals surface area (Å²) in [5.74, 6) is 1.89. The molecule has 1 aliphatic rings. The van der Waals surface area contributed by atoms with Crippen molar-refractivity contribution in [1.29, 1.82) is 0 Å². The van der Waals surface area contributed by atoms with Gasteiger partial charge in [0.25, 0.3) is 0 Å².